The Morgan fingerprint density at radius 3 is 2.76 bits per heavy atom. The van der Waals surface area contributed by atoms with Crippen molar-refractivity contribution in [3.05, 3.63) is 23.5 Å². The zero-order chi connectivity index (χ0) is 11.8. The lowest BCUT2D eigenvalue weighted by molar-refractivity contribution is 0.0210. The van der Waals surface area contributed by atoms with Gasteiger partial charge in [0.2, 0.25) is 0 Å². The highest BCUT2D eigenvalue weighted by molar-refractivity contribution is 5.92. The SMILES string of the molecule is O=C(O)c1ncc(C2CC2)cc1NC1COC1. The summed E-state index contributed by atoms with van der Waals surface area (Å²) in [4.78, 5) is 15.1. The Hall–Kier alpha value is -1.62. The number of nitrogens with zero attached hydrogens (tertiary/aromatic N) is 1. The molecule has 0 atom stereocenters. The normalized spacial score (nSPS) is 19.8. The van der Waals surface area contributed by atoms with Crippen molar-refractivity contribution in [1.82, 2.24) is 4.98 Å². The molecule has 0 spiro atoms. The Balaban J connectivity index is 1.88. The van der Waals surface area contributed by atoms with Crippen molar-refractivity contribution in [3.63, 3.8) is 0 Å². The molecule has 17 heavy (non-hydrogen) atoms. The fraction of sp³-hybridized carbons (Fsp3) is 0.500. The number of carbonyl (C=O) groups is 1. The molecule has 1 aromatic heterocycles. The summed E-state index contributed by atoms with van der Waals surface area (Å²) in [5.74, 6) is -0.418. The zero-order valence-electron chi connectivity index (χ0n) is 9.35. The first-order valence-electron chi connectivity index (χ1n) is 5.81. The second kappa shape index (κ2) is 4.00. The van der Waals surface area contributed by atoms with Crippen LogP contribution in [0.3, 0.4) is 0 Å². The van der Waals surface area contributed by atoms with Gasteiger partial charge < -0.3 is 15.2 Å². The van der Waals surface area contributed by atoms with Gasteiger partial charge in [0.15, 0.2) is 5.69 Å². The molecule has 0 amide bonds. The molecule has 5 nitrogen and oxygen atoms in total. The predicted octanol–water partition coefficient (Wildman–Crippen LogP) is 1.47. The highest BCUT2D eigenvalue weighted by Gasteiger charge is 2.27. The summed E-state index contributed by atoms with van der Waals surface area (Å²) in [6.45, 7) is 1.26. The van der Waals surface area contributed by atoms with E-state index in [-0.39, 0.29) is 11.7 Å². The number of hydrogen-bond acceptors (Lipinski definition) is 4. The molecule has 1 aliphatic carbocycles. The van der Waals surface area contributed by atoms with Crippen LogP contribution in [0.5, 0.6) is 0 Å². The van der Waals surface area contributed by atoms with Crippen LogP contribution in [0.2, 0.25) is 0 Å². The lowest BCUT2D eigenvalue weighted by atomic mass is 10.1. The molecule has 0 radical (unpaired) electrons. The molecule has 5 heteroatoms. The fourth-order valence-electron chi connectivity index (χ4n) is 1.94. The molecule has 0 aromatic carbocycles. The Bertz CT molecular complexity index is 453. The van der Waals surface area contributed by atoms with Gasteiger partial charge in [-0.25, -0.2) is 9.78 Å². The van der Waals surface area contributed by atoms with Crippen LogP contribution in [-0.4, -0.2) is 35.3 Å². The third kappa shape index (κ3) is 2.10. The van der Waals surface area contributed by atoms with E-state index in [9.17, 15) is 4.79 Å². The number of aromatic carboxylic acids is 1. The van der Waals surface area contributed by atoms with Crippen molar-refractivity contribution in [3.8, 4) is 0 Å². The summed E-state index contributed by atoms with van der Waals surface area (Å²) in [7, 11) is 0. The van der Waals surface area contributed by atoms with Crippen LogP contribution >= 0.6 is 0 Å². The van der Waals surface area contributed by atoms with Crippen LogP contribution in [0.1, 0.15) is 34.8 Å². The first-order valence-corrected chi connectivity index (χ1v) is 5.81. The number of anilines is 1. The van der Waals surface area contributed by atoms with Gasteiger partial charge >= 0.3 is 5.97 Å². The van der Waals surface area contributed by atoms with Gasteiger partial charge in [0.1, 0.15) is 0 Å². The van der Waals surface area contributed by atoms with Crippen LogP contribution in [0.4, 0.5) is 5.69 Å². The van der Waals surface area contributed by atoms with E-state index in [0.717, 1.165) is 5.56 Å². The lowest BCUT2D eigenvalue weighted by Gasteiger charge is -2.28. The van der Waals surface area contributed by atoms with Gasteiger partial charge in [-0.15, -0.1) is 0 Å². The van der Waals surface area contributed by atoms with Crippen LogP contribution in [0, 0.1) is 0 Å². The molecule has 0 bridgehead atoms. The van der Waals surface area contributed by atoms with Crippen molar-refractivity contribution in [2.75, 3.05) is 18.5 Å². The van der Waals surface area contributed by atoms with Crippen molar-refractivity contribution in [2.24, 2.45) is 0 Å². The first-order chi connectivity index (χ1) is 8.24. The number of hydrogen-bond donors (Lipinski definition) is 2. The third-order valence-corrected chi connectivity index (χ3v) is 3.16. The molecule has 1 saturated heterocycles. The smallest absolute Gasteiger partial charge is 0.356 e. The van der Waals surface area contributed by atoms with E-state index in [2.05, 4.69) is 10.3 Å². The molecule has 0 unspecified atom stereocenters. The highest BCUT2D eigenvalue weighted by Crippen LogP contribution is 2.40. The molecular weight excluding hydrogens is 220 g/mol. The Morgan fingerprint density at radius 2 is 2.24 bits per heavy atom. The minimum atomic E-state index is -0.991. The van der Waals surface area contributed by atoms with Crippen molar-refractivity contribution in [2.45, 2.75) is 24.8 Å². The van der Waals surface area contributed by atoms with E-state index in [1.54, 1.807) is 6.20 Å². The van der Waals surface area contributed by atoms with Crippen LogP contribution < -0.4 is 5.32 Å². The van der Waals surface area contributed by atoms with Crippen molar-refractivity contribution < 1.29 is 14.6 Å². The minimum Gasteiger partial charge on any atom is -0.476 e. The van der Waals surface area contributed by atoms with Crippen molar-refractivity contribution >= 4 is 11.7 Å². The third-order valence-electron chi connectivity index (χ3n) is 3.16. The van der Waals surface area contributed by atoms with Gasteiger partial charge in [-0.1, -0.05) is 0 Å². The van der Waals surface area contributed by atoms with Crippen LogP contribution in [0.25, 0.3) is 0 Å². The summed E-state index contributed by atoms with van der Waals surface area (Å²) in [6, 6.07) is 2.14. The summed E-state index contributed by atoms with van der Waals surface area (Å²) in [5.41, 5.74) is 1.86. The number of carboxylic acids is 1. The van der Waals surface area contributed by atoms with Gasteiger partial charge in [-0.3, -0.25) is 0 Å². The van der Waals surface area contributed by atoms with E-state index in [4.69, 9.17) is 9.84 Å². The highest BCUT2D eigenvalue weighted by atomic mass is 16.5. The fourth-order valence-corrected chi connectivity index (χ4v) is 1.94. The van der Waals surface area contributed by atoms with Crippen molar-refractivity contribution in [1.29, 1.82) is 0 Å². The summed E-state index contributed by atoms with van der Waals surface area (Å²) >= 11 is 0. The molecule has 1 aromatic rings. The molecule has 3 rings (SSSR count). The van der Waals surface area contributed by atoms with E-state index in [1.807, 2.05) is 6.07 Å². The average molecular weight is 234 g/mol. The maximum Gasteiger partial charge on any atom is 0.356 e. The number of aromatic nitrogens is 1. The molecule has 2 N–H and O–H groups in total. The van der Waals surface area contributed by atoms with E-state index < -0.39 is 5.97 Å². The average Bonchev–Trinajstić information content (AvgIpc) is 3.06. The molecule has 1 aliphatic heterocycles. The van der Waals surface area contributed by atoms with Gasteiger partial charge in [0, 0.05) is 6.20 Å². The quantitative estimate of drug-likeness (QED) is 0.825. The monoisotopic (exact) mass is 234 g/mol. The Labute approximate surface area is 98.8 Å². The van der Waals surface area contributed by atoms with E-state index in [1.165, 1.54) is 12.8 Å². The minimum absolute atomic E-state index is 0.0984. The summed E-state index contributed by atoms with van der Waals surface area (Å²) < 4.78 is 5.07. The zero-order valence-corrected chi connectivity index (χ0v) is 9.35. The first kappa shape index (κ1) is 10.5. The van der Waals surface area contributed by atoms with E-state index >= 15 is 0 Å². The summed E-state index contributed by atoms with van der Waals surface area (Å²) in [6.07, 6.45) is 4.05. The largest absolute Gasteiger partial charge is 0.476 e. The van der Waals surface area contributed by atoms with Gasteiger partial charge in [-0.05, 0) is 30.4 Å². The second-order valence-corrected chi connectivity index (χ2v) is 4.62. The molecule has 1 saturated carbocycles. The van der Waals surface area contributed by atoms with Gasteiger partial charge in [0.25, 0.3) is 0 Å². The maximum atomic E-state index is 11.1. The molecule has 2 aliphatic rings. The number of nitrogens with one attached hydrogen (secondary N) is 1. The van der Waals surface area contributed by atoms with Gasteiger partial charge in [0.05, 0.1) is 24.9 Å². The number of ether oxygens (including phenoxy) is 1. The standard InChI is InChI=1S/C12H14N2O3/c15-12(16)11-10(14-9-5-17-6-9)3-8(4-13-11)7-1-2-7/h3-4,7,9,14H,1-2,5-6H2,(H,15,16). The maximum absolute atomic E-state index is 11.1. The number of rotatable bonds is 4. The topological polar surface area (TPSA) is 71.5 Å². The molecule has 90 valence electrons. The second-order valence-electron chi connectivity index (χ2n) is 4.62. The number of carboxylic acid groups (broad SMARTS) is 1. The lowest BCUT2D eigenvalue weighted by Crippen LogP contribution is -2.40. The van der Waals surface area contributed by atoms with Crippen LogP contribution in [-0.2, 0) is 4.74 Å². The molecule has 2 fully saturated rings. The molecule has 2 heterocycles. The van der Waals surface area contributed by atoms with Crippen LogP contribution in [0.15, 0.2) is 12.3 Å². The van der Waals surface area contributed by atoms with E-state index in [0.29, 0.717) is 24.8 Å². The Morgan fingerprint density at radius 1 is 1.47 bits per heavy atom. The Kier molecular flexibility index (Phi) is 2.48. The number of pyridine rings is 1. The molecular formula is C12H14N2O3. The summed E-state index contributed by atoms with van der Waals surface area (Å²) in [5, 5.41) is 12.3. The van der Waals surface area contributed by atoms with Gasteiger partial charge in [-0.2, -0.15) is 0 Å². The predicted molar refractivity (Wildman–Crippen MR) is 61.4 cm³/mol.